The van der Waals surface area contributed by atoms with Gasteiger partial charge in [0.2, 0.25) is 0 Å². The molecular weight excluding hydrogens is 216 g/mol. The number of carbonyl (C=O) groups is 2. The smallest absolute Gasteiger partial charge is 0.337 e. The van der Waals surface area contributed by atoms with Gasteiger partial charge in [-0.2, -0.15) is 0 Å². The summed E-state index contributed by atoms with van der Waals surface area (Å²) in [5.74, 6) is -1.92. The van der Waals surface area contributed by atoms with Gasteiger partial charge in [-0.1, -0.05) is 0 Å². The Hall–Kier alpha value is -1.40. The van der Waals surface area contributed by atoms with Crippen molar-refractivity contribution in [2.24, 2.45) is 0 Å². The molecule has 0 spiro atoms. The Labute approximate surface area is 93.8 Å². The maximum Gasteiger partial charge on any atom is 0.337 e. The highest BCUT2D eigenvalue weighted by Crippen LogP contribution is 2.09. The molecule has 0 radical (unpaired) electrons. The molecule has 0 bridgehead atoms. The Morgan fingerprint density at radius 1 is 1.06 bits per heavy atom. The van der Waals surface area contributed by atoms with Gasteiger partial charge in [-0.05, 0) is 6.92 Å². The van der Waals surface area contributed by atoms with Gasteiger partial charge in [0.15, 0.2) is 0 Å². The molecule has 0 aromatic rings. The molecule has 6 nitrogen and oxygen atoms in total. The molecule has 0 aliphatic heterocycles. The van der Waals surface area contributed by atoms with Gasteiger partial charge in [-0.15, -0.1) is 0 Å². The zero-order chi connectivity index (χ0) is 12.6. The average Bonchev–Trinajstić information content (AvgIpc) is 2.23. The Morgan fingerprint density at radius 2 is 1.56 bits per heavy atom. The molecule has 0 aromatic carbocycles. The van der Waals surface area contributed by atoms with Crippen molar-refractivity contribution in [3.05, 3.63) is 11.1 Å². The summed E-state index contributed by atoms with van der Waals surface area (Å²) < 4.78 is 14.2. The molecule has 0 unspecified atom stereocenters. The fraction of sp³-hybridized carbons (Fsp3) is 0.600. The number of methoxy groups -OCH3 is 2. The quantitative estimate of drug-likeness (QED) is 0.499. The van der Waals surface area contributed by atoms with Crippen LogP contribution in [0.3, 0.4) is 0 Å². The van der Waals surface area contributed by atoms with Crippen LogP contribution in [0.1, 0.15) is 6.92 Å². The fourth-order valence-electron chi connectivity index (χ4n) is 1.05. The van der Waals surface area contributed by atoms with E-state index in [4.69, 9.17) is 19.3 Å². The summed E-state index contributed by atoms with van der Waals surface area (Å²) in [5.41, 5.74) is -0.179. The Morgan fingerprint density at radius 3 is 1.94 bits per heavy atom. The van der Waals surface area contributed by atoms with E-state index in [1.54, 1.807) is 6.92 Å². The second-order valence-electron chi connectivity index (χ2n) is 2.85. The first-order chi connectivity index (χ1) is 7.58. The number of ether oxygens (including phenoxy) is 3. The van der Waals surface area contributed by atoms with Crippen molar-refractivity contribution in [3.63, 3.8) is 0 Å². The van der Waals surface area contributed by atoms with Gasteiger partial charge in [-0.3, -0.25) is 0 Å². The van der Waals surface area contributed by atoms with Crippen LogP contribution in [0.4, 0.5) is 0 Å². The Balaban J connectivity index is 5.12. The number of carbonyl (C=O) groups excluding carboxylic acids is 1. The molecule has 0 saturated carbocycles. The van der Waals surface area contributed by atoms with E-state index in [0.29, 0.717) is 0 Å². The van der Waals surface area contributed by atoms with Crippen LogP contribution < -0.4 is 0 Å². The van der Waals surface area contributed by atoms with Crippen molar-refractivity contribution in [1.29, 1.82) is 0 Å². The largest absolute Gasteiger partial charge is 0.478 e. The molecule has 6 heteroatoms. The van der Waals surface area contributed by atoms with Crippen molar-refractivity contribution in [2.45, 2.75) is 6.92 Å². The zero-order valence-corrected chi connectivity index (χ0v) is 9.61. The van der Waals surface area contributed by atoms with Crippen LogP contribution in [0.25, 0.3) is 0 Å². The average molecular weight is 232 g/mol. The maximum absolute atomic E-state index is 11.5. The fourth-order valence-corrected chi connectivity index (χ4v) is 1.05. The molecular formula is C10H16O6. The van der Waals surface area contributed by atoms with Crippen LogP contribution in [0.5, 0.6) is 0 Å². The van der Waals surface area contributed by atoms with Gasteiger partial charge >= 0.3 is 11.9 Å². The number of hydrogen-bond acceptors (Lipinski definition) is 5. The molecule has 0 aliphatic carbocycles. The minimum absolute atomic E-state index is 0.0290. The van der Waals surface area contributed by atoms with Crippen molar-refractivity contribution in [2.75, 3.05) is 34.0 Å². The summed E-state index contributed by atoms with van der Waals surface area (Å²) in [6, 6.07) is 0. The van der Waals surface area contributed by atoms with E-state index >= 15 is 0 Å². The Kier molecular flexibility index (Phi) is 7.15. The lowest BCUT2D eigenvalue weighted by Crippen LogP contribution is -2.20. The van der Waals surface area contributed by atoms with Gasteiger partial charge in [0, 0.05) is 14.2 Å². The highest BCUT2D eigenvalue weighted by Gasteiger charge is 2.21. The van der Waals surface area contributed by atoms with E-state index in [2.05, 4.69) is 0 Å². The summed E-state index contributed by atoms with van der Waals surface area (Å²) in [4.78, 5) is 22.4. The molecule has 0 saturated heterocycles. The third-order valence-corrected chi connectivity index (χ3v) is 1.72. The topological polar surface area (TPSA) is 82.1 Å². The third kappa shape index (κ3) is 4.41. The van der Waals surface area contributed by atoms with Crippen LogP contribution >= 0.6 is 0 Å². The lowest BCUT2D eigenvalue weighted by molar-refractivity contribution is -0.140. The number of hydrogen-bond donors (Lipinski definition) is 1. The van der Waals surface area contributed by atoms with Gasteiger partial charge in [-0.25, -0.2) is 9.59 Å². The van der Waals surface area contributed by atoms with Crippen LogP contribution in [-0.2, 0) is 23.8 Å². The summed E-state index contributed by atoms with van der Waals surface area (Å²) >= 11 is 0. The predicted molar refractivity (Wildman–Crippen MR) is 55.0 cm³/mol. The molecule has 0 fully saturated rings. The van der Waals surface area contributed by atoms with Gasteiger partial charge < -0.3 is 19.3 Å². The predicted octanol–water partition coefficient (Wildman–Crippen LogP) is 0.223. The Bertz CT molecular complexity index is 281. The number of esters is 1. The highest BCUT2D eigenvalue weighted by atomic mass is 16.5. The van der Waals surface area contributed by atoms with Crippen LogP contribution in [0.15, 0.2) is 11.1 Å². The van der Waals surface area contributed by atoms with E-state index < -0.39 is 11.9 Å². The first-order valence-corrected chi connectivity index (χ1v) is 4.68. The van der Waals surface area contributed by atoms with Crippen molar-refractivity contribution >= 4 is 11.9 Å². The molecule has 0 aromatic heterocycles. The molecule has 0 aliphatic rings. The molecule has 0 heterocycles. The van der Waals surface area contributed by atoms with E-state index in [1.807, 2.05) is 0 Å². The van der Waals surface area contributed by atoms with Crippen LogP contribution in [0, 0.1) is 0 Å². The van der Waals surface area contributed by atoms with E-state index in [1.165, 1.54) is 14.2 Å². The SMILES string of the molecule is CCOC(=O)C(COC)=C(COC)C(=O)O. The van der Waals surface area contributed by atoms with Crippen LogP contribution in [0.2, 0.25) is 0 Å². The number of rotatable bonds is 7. The molecule has 16 heavy (non-hydrogen) atoms. The van der Waals surface area contributed by atoms with Crippen LogP contribution in [-0.4, -0.2) is 51.1 Å². The molecule has 0 atom stereocenters. The zero-order valence-electron chi connectivity index (χ0n) is 9.61. The summed E-state index contributed by atoms with van der Waals surface area (Å²) in [6.45, 7) is 1.52. The van der Waals surface area contributed by atoms with Crippen molar-refractivity contribution in [3.8, 4) is 0 Å². The van der Waals surface area contributed by atoms with E-state index in [-0.39, 0.29) is 31.0 Å². The molecule has 0 amide bonds. The lowest BCUT2D eigenvalue weighted by Gasteiger charge is -2.10. The normalized spacial score (nSPS) is 11.9. The summed E-state index contributed by atoms with van der Waals surface area (Å²) in [7, 11) is 2.71. The minimum atomic E-state index is -1.22. The number of carboxylic acid groups (broad SMARTS) is 1. The lowest BCUT2D eigenvalue weighted by atomic mass is 10.1. The summed E-state index contributed by atoms with van der Waals surface area (Å²) in [6.07, 6.45) is 0. The highest BCUT2D eigenvalue weighted by molar-refractivity contribution is 6.00. The van der Waals surface area contributed by atoms with Gasteiger partial charge in [0.25, 0.3) is 0 Å². The molecule has 92 valence electrons. The second kappa shape index (κ2) is 7.84. The number of carboxylic acids is 1. The molecule has 1 N–H and O–H groups in total. The van der Waals surface area contributed by atoms with Crippen molar-refractivity contribution < 1.29 is 28.9 Å². The van der Waals surface area contributed by atoms with E-state index in [9.17, 15) is 9.59 Å². The van der Waals surface area contributed by atoms with Gasteiger partial charge in [0.1, 0.15) is 0 Å². The van der Waals surface area contributed by atoms with E-state index in [0.717, 1.165) is 0 Å². The first kappa shape index (κ1) is 14.6. The maximum atomic E-state index is 11.5. The third-order valence-electron chi connectivity index (χ3n) is 1.72. The first-order valence-electron chi connectivity index (χ1n) is 4.68. The monoisotopic (exact) mass is 232 g/mol. The standard InChI is InChI=1S/C10H16O6/c1-4-16-10(13)8(6-15-3)7(5-14-2)9(11)12/h4-6H2,1-3H3,(H,11,12). The summed E-state index contributed by atoms with van der Waals surface area (Å²) in [5, 5.41) is 8.92. The minimum Gasteiger partial charge on any atom is -0.478 e. The number of aliphatic carboxylic acids is 1. The molecule has 0 rings (SSSR count). The van der Waals surface area contributed by atoms with Gasteiger partial charge in [0.05, 0.1) is 31.0 Å². The van der Waals surface area contributed by atoms with Crippen molar-refractivity contribution in [1.82, 2.24) is 0 Å². The second-order valence-corrected chi connectivity index (χ2v) is 2.85.